The van der Waals surface area contributed by atoms with Crippen LogP contribution in [0.4, 0.5) is 4.39 Å². The molecule has 0 bridgehead atoms. The van der Waals surface area contributed by atoms with Gasteiger partial charge in [0.25, 0.3) is 0 Å². The Morgan fingerprint density at radius 1 is 1.05 bits per heavy atom. The van der Waals surface area contributed by atoms with Gasteiger partial charge in [-0.15, -0.1) is 0 Å². The van der Waals surface area contributed by atoms with E-state index in [0.717, 1.165) is 5.75 Å². The Kier molecular flexibility index (Phi) is 4.02. The summed E-state index contributed by atoms with van der Waals surface area (Å²) in [6.45, 7) is 1.79. The molecule has 3 nitrogen and oxygen atoms in total. The molecule has 0 spiro atoms. The van der Waals surface area contributed by atoms with Crippen molar-refractivity contribution in [2.45, 2.75) is 13.0 Å². The van der Waals surface area contributed by atoms with E-state index in [1.807, 2.05) is 0 Å². The fourth-order valence-electron chi connectivity index (χ4n) is 1.74. The molecule has 0 aliphatic heterocycles. The predicted molar refractivity (Wildman–Crippen MR) is 72.1 cm³/mol. The van der Waals surface area contributed by atoms with Gasteiger partial charge < -0.3 is 15.2 Å². The molecular formula is C15H16FNO2. The molecule has 0 saturated heterocycles. The number of hydrogen-bond donors (Lipinski definition) is 1. The molecule has 0 heterocycles. The van der Waals surface area contributed by atoms with Crippen LogP contribution in [0, 0.1) is 5.82 Å². The van der Waals surface area contributed by atoms with Gasteiger partial charge in [-0.25, -0.2) is 4.39 Å². The van der Waals surface area contributed by atoms with E-state index in [0.29, 0.717) is 17.1 Å². The van der Waals surface area contributed by atoms with Gasteiger partial charge in [0.2, 0.25) is 0 Å². The summed E-state index contributed by atoms with van der Waals surface area (Å²) in [6, 6.07) is 11.2. The van der Waals surface area contributed by atoms with Gasteiger partial charge in [0.05, 0.1) is 7.11 Å². The lowest BCUT2D eigenvalue weighted by atomic mass is 10.1. The van der Waals surface area contributed by atoms with Crippen molar-refractivity contribution in [2.24, 2.45) is 5.73 Å². The van der Waals surface area contributed by atoms with Crippen LogP contribution in [0.5, 0.6) is 17.2 Å². The van der Waals surface area contributed by atoms with Crippen molar-refractivity contribution in [3.8, 4) is 17.2 Å². The quantitative estimate of drug-likeness (QED) is 0.913. The molecule has 0 unspecified atom stereocenters. The smallest absolute Gasteiger partial charge is 0.132 e. The topological polar surface area (TPSA) is 44.5 Å². The summed E-state index contributed by atoms with van der Waals surface area (Å²) in [7, 11) is 1.60. The lowest BCUT2D eigenvalue weighted by Gasteiger charge is -2.14. The largest absolute Gasteiger partial charge is 0.497 e. The van der Waals surface area contributed by atoms with Crippen LogP contribution in [0.3, 0.4) is 0 Å². The lowest BCUT2D eigenvalue weighted by molar-refractivity contribution is 0.412. The van der Waals surface area contributed by atoms with E-state index in [1.54, 1.807) is 44.4 Å². The van der Waals surface area contributed by atoms with Crippen LogP contribution in [0.25, 0.3) is 0 Å². The maximum atomic E-state index is 13.2. The van der Waals surface area contributed by atoms with Crippen molar-refractivity contribution in [3.05, 3.63) is 53.8 Å². The third-order valence-corrected chi connectivity index (χ3v) is 2.75. The summed E-state index contributed by atoms with van der Waals surface area (Å²) >= 11 is 0. The molecule has 0 fully saturated rings. The summed E-state index contributed by atoms with van der Waals surface area (Å²) in [4.78, 5) is 0. The third-order valence-electron chi connectivity index (χ3n) is 2.75. The zero-order chi connectivity index (χ0) is 13.8. The SMILES string of the molecule is COc1ccc(Oc2ccc(F)cc2[C@@H](C)N)cc1. The van der Waals surface area contributed by atoms with Crippen LogP contribution < -0.4 is 15.2 Å². The molecule has 0 aliphatic carbocycles. The van der Waals surface area contributed by atoms with Gasteiger partial charge in [-0.1, -0.05) is 0 Å². The van der Waals surface area contributed by atoms with Crippen LogP contribution in [0.15, 0.2) is 42.5 Å². The summed E-state index contributed by atoms with van der Waals surface area (Å²) < 4.78 is 24.0. The van der Waals surface area contributed by atoms with Gasteiger partial charge in [-0.05, 0) is 49.4 Å². The zero-order valence-corrected chi connectivity index (χ0v) is 10.9. The molecular weight excluding hydrogens is 245 g/mol. The maximum absolute atomic E-state index is 13.2. The summed E-state index contributed by atoms with van der Waals surface area (Å²) in [5.74, 6) is 1.63. The van der Waals surface area contributed by atoms with Crippen LogP contribution in [0.1, 0.15) is 18.5 Å². The monoisotopic (exact) mass is 261 g/mol. The first-order valence-corrected chi connectivity index (χ1v) is 5.97. The minimum Gasteiger partial charge on any atom is -0.497 e. The molecule has 2 rings (SSSR count). The number of rotatable bonds is 4. The first kappa shape index (κ1) is 13.4. The van der Waals surface area contributed by atoms with Gasteiger partial charge in [-0.3, -0.25) is 0 Å². The molecule has 2 aromatic rings. The Hall–Kier alpha value is -2.07. The second-order valence-electron chi connectivity index (χ2n) is 4.25. The molecule has 0 aromatic heterocycles. The van der Waals surface area contributed by atoms with E-state index < -0.39 is 0 Å². The fourth-order valence-corrected chi connectivity index (χ4v) is 1.74. The minimum absolute atomic E-state index is 0.302. The second kappa shape index (κ2) is 5.71. The molecule has 19 heavy (non-hydrogen) atoms. The Morgan fingerprint density at radius 3 is 2.26 bits per heavy atom. The highest BCUT2D eigenvalue weighted by Gasteiger charge is 2.10. The average Bonchev–Trinajstić information content (AvgIpc) is 2.41. The molecule has 2 aromatic carbocycles. The second-order valence-corrected chi connectivity index (χ2v) is 4.25. The molecule has 100 valence electrons. The lowest BCUT2D eigenvalue weighted by Crippen LogP contribution is -2.07. The van der Waals surface area contributed by atoms with Crippen LogP contribution in [-0.2, 0) is 0 Å². The minimum atomic E-state index is -0.325. The van der Waals surface area contributed by atoms with Crippen LogP contribution in [0.2, 0.25) is 0 Å². The normalized spacial score (nSPS) is 12.0. The van der Waals surface area contributed by atoms with E-state index in [2.05, 4.69) is 0 Å². The number of halogens is 1. The van der Waals surface area contributed by atoms with Gasteiger partial charge in [-0.2, -0.15) is 0 Å². The highest BCUT2D eigenvalue weighted by atomic mass is 19.1. The molecule has 1 atom stereocenters. The number of ether oxygens (including phenoxy) is 2. The fraction of sp³-hybridized carbons (Fsp3) is 0.200. The summed E-state index contributed by atoms with van der Waals surface area (Å²) in [5, 5.41) is 0. The van der Waals surface area contributed by atoms with Crippen molar-refractivity contribution < 1.29 is 13.9 Å². The highest BCUT2D eigenvalue weighted by molar-refractivity contribution is 5.41. The van der Waals surface area contributed by atoms with Crippen LogP contribution >= 0.6 is 0 Å². The van der Waals surface area contributed by atoms with Gasteiger partial charge in [0.1, 0.15) is 23.1 Å². The first-order valence-electron chi connectivity index (χ1n) is 5.97. The van der Waals surface area contributed by atoms with Crippen molar-refractivity contribution >= 4 is 0 Å². The van der Waals surface area contributed by atoms with Crippen molar-refractivity contribution in [3.63, 3.8) is 0 Å². The van der Waals surface area contributed by atoms with E-state index >= 15 is 0 Å². The number of benzene rings is 2. The molecule has 4 heteroatoms. The summed E-state index contributed by atoms with van der Waals surface area (Å²) in [6.07, 6.45) is 0. The van der Waals surface area contributed by atoms with E-state index in [1.165, 1.54) is 12.1 Å². The summed E-state index contributed by atoms with van der Waals surface area (Å²) in [5.41, 5.74) is 6.45. The van der Waals surface area contributed by atoms with Crippen LogP contribution in [-0.4, -0.2) is 7.11 Å². The maximum Gasteiger partial charge on any atom is 0.132 e. The Balaban J connectivity index is 2.26. The van der Waals surface area contributed by atoms with E-state index in [9.17, 15) is 4.39 Å². The third kappa shape index (κ3) is 3.23. The zero-order valence-electron chi connectivity index (χ0n) is 10.9. The highest BCUT2D eigenvalue weighted by Crippen LogP contribution is 2.30. The molecule has 2 N–H and O–H groups in total. The van der Waals surface area contributed by atoms with E-state index in [-0.39, 0.29) is 11.9 Å². The first-order chi connectivity index (χ1) is 9.10. The van der Waals surface area contributed by atoms with Gasteiger partial charge in [0.15, 0.2) is 0 Å². The molecule has 0 aliphatic rings. The molecule has 0 amide bonds. The number of nitrogens with two attached hydrogens (primary N) is 1. The number of hydrogen-bond acceptors (Lipinski definition) is 3. The predicted octanol–water partition coefficient (Wildman–Crippen LogP) is 3.65. The van der Waals surface area contributed by atoms with Gasteiger partial charge >= 0.3 is 0 Å². The average molecular weight is 261 g/mol. The standard InChI is InChI=1S/C15H16FNO2/c1-10(17)14-9-11(16)3-8-15(14)19-13-6-4-12(18-2)5-7-13/h3-10H,17H2,1-2H3/t10-/m1/s1. The van der Waals surface area contributed by atoms with Gasteiger partial charge in [0, 0.05) is 11.6 Å². The molecule has 0 saturated carbocycles. The Labute approximate surface area is 111 Å². The number of methoxy groups -OCH3 is 1. The molecule has 0 radical (unpaired) electrons. The van der Waals surface area contributed by atoms with Crippen molar-refractivity contribution in [1.29, 1.82) is 0 Å². The Morgan fingerprint density at radius 2 is 1.68 bits per heavy atom. The Bertz CT molecular complexity index is 553. The van der Waals surface area contributed by atoms with Crippen molar-refractivity contribution in [1.82, 2.24) is 0 Å². The van der Waals surface area contributed by atoms with E-state index in [4.69, 9.17) is 15.2 Å². The van der Waals surface area contributed by atoms with Crippen molar-refractivity contribution in [2.75, 3.05) is 7.11 Å².